The summed E-state index contributed by atoms with van der Waals surface area (Å²) in [6.45, 7) is 35.9. The summed E-state index contributed by atoms with van der Waals surface area (Å²) in [5.74, 6) is 1.45. The first kappa shape index (κ1) is 49.8. The Morgan fingerprint density at radius 3 is 1.58 bits per heavy atom. The van der Waals surface area contributed by atoms with Crippen LogP contribution in [0.2, 0.25) is 0 Å². The van der Waals surface area contributed by atoms with E-state index in [1.165, 1.54) is 132 Å². The molecular weight excluding hydrogens is 731 g/mol. The van der Waals surface area contributed by atoms with E-state index >= 15 is 0 Å². The molecule has 1 aliphatic carbocycles. The smallest absolute Gasteiger partial charge is 0.0780 e. The van der Waals surface area contributed by atoms with Gasteiger partial charge in [0.05, 0.1) is 27.7 Å². The van der Waals surface area contributed by atoms with Gasteiger partial charge in [-0.2, -0.15) is 0 Å². The van der Waals surface area contributed by atoms with Crippen LogP contribution in [0.15, 0.2) is 42.5 Å². The normalized spacial score (nSPS) is 17.3. The zero-order valence-electron chi connectivity index (χ0n) is 42.1. The summed E-state index contributed by atoms with van der Waals surface area (Å²) >= 11 is 2.15. The zero-order valence-corrected chi connectivity index (χ0v) is 42.9. The summed E-state index contributed by atoms with van der Waals surface area (Å²) < 4.78 is 1.07. The van der Waals surface area contributed by atoms with E-state index in [2.05, 4.69) is 172 Å². The highest BCUT2D eigenvalue weighted by Gasteiger charge is 2.48. The Morgan fingerprint density at radius 2 is 1.10 bits per heavy atom. The third-order valence-electron chi connectivity index (χ3n) is 15.8. The second-order valence-electron chi connectivity index (χ2n) is 23.2. The fourth-order valence-corrected chi connectivity index (χ4v) is 11.9. The van der Waals surface area contributed by atoms with E-state index in [1.807, 2.05) is 0 Å². The van der Waals surface area contributed by atoms with E-state index in [1.54, 1.807) is 26.4 Å². The van der Waals surface area contributed by atoms with Gasteiger partial charge >= 0.3 is 0 Å². The Morgan fingerprint density at radius 1 is 0.593 bits per heavy atom. The monoisotopic (exact) mass is 825 g/mol. The largest absolute Gasteiger partial charge is 0.331 e. The summed E-state index contributed by atoms with van der Waals surface area (Å²) in [6, 6.07) is 18.2. The Labute approximate surface area is 371 Å². The van der Waals surface area contributed by atoms with Crippen molar-refractivity contribution in [3.63, 3.8) is 0 Å². The molecule has 2 aromatic carbocycles. The van der Waals surface area contributed by atoms with Crippen LogP contribution in [0.4, 0.5) is 0 Å². The minimum atomic E-state index is -0.0737. The van der Waals surface area contributed by atoms with Gasteiger partial charge in [0, 0.05) is 20.6 Å². The molecule has 0 saturated heterocycles. The molecule has 4 rings (SSSR count). The maximum Gasteiger partial charge on any atom is 0.0780 e. The lowest BCUT2D eigenvalue weighted by Gasteiger charge is -2.44. The highest BCUT2D eigenvalue weighted by molar-refractivity contribution is 7.12. The zero-order chi connectivity index (χ0) is 44.0. The topological polar surface area (TPSA) is 0 Å². The van der Waals surface area contributed by atoms with Crippen molar-refractivity contribution in [2.45, 2.75) is 227 Å². The lowest BCUT2D eigenvalue weighted by atomic mass is 9.61. The molecule has 0 bridgehead atoms. The lowest BCUT2D eigenvalue weighted by molar-refractivity contribution is -0.870. The van der Waals surface area contributed by atoms with E-state index in [4.69, 9.17) is 0 Å². The Balaban J connectivity index is 1.90. The van der Waals surface area contributed by atoms with Gasteiger partial charge in [0.15, 0.2) is 0 Å². The Hall–Kier alpha value is -1.90. The first-order valence-electron chi connectivity index (χ1n) is 24.8. The lowest BCUT2D eigenvalue weighted by Crippen LogP contribution is -2.41. The van der Waals surface area contributed by atoms with E-state index in [0.717, 1.165) is 16.3 Å². The van der Waals surface area contributed by atoms with Crippen LogP contribution in [-0.2, 0) is 33.5 Å². The number of aryl methyl sites for hydroxylation is 1. The van der Waals surface area contributed by atoms with Crippen LogP contribution < -0.4 is 0 Å². The molecule has 0 spiro atoms. The average Bonchev–Trinajstić information content (AvgIpc) is 3.73. The molecule has 0 amide bonds. The summed E-state index contributed by atoms with van der Waals surface area (Å²) in [4.78, 5) is 3.21. The third kappa shape index (κ3) is 11.4. The fourth-order valence-electron chi connectivity index (χ4n) is 10.3. The van der Waals surface area contributed by atoms with Crippen molar-refractivity contribution in [2.75, 3.05) is 27.7 Å². The molecule has 2 atom stereocenters. The standard InChI is InChI=1S/C57H94NS/c1-18-23-29-42(20-3)40-57(41-43(21-4)30-24-19-2)49-38-45(53(6,7)8)32-34-47(49)48-35-33-46(39-50(48)57)55(11,12)56(13,14)52-44(37-51(59-52)54(9,10)22-5)31-27-25-26-28-36-58(15,16)17/h32-35,37-39,42-43H,18-31,36,40-41H2,1-17H3/q+1. The second kappa shape index (κ2) is 20.1. The number of hydrogen-bond acceptors (Lipinski definition) is 1. The number of unbranched alkanes of at least 4 members (excludes halogenated alkanes) is 5. The van der Waals surface area contributed by atoms with Crippen molar-refractivity contribution in [1.29, 1.82) is 0 Å². The number of benzene rings is 2. The van der Waals surface area contributed by atoms with E-state index < -0.39 is 0 Å². The maximum absolute atomic E-state index is 2.78. The number of fused-ring (bicyclic) bond motifs is 3. The van der Waals surface area contributed by atoms with Crippen LogP contribution in [0.5, 0.6) is 0 Å². The maximum atomic E-state index is 2.78. The van der Waals surface area contributed by atoms with Gasteiger partial charge in [-0.3, -0.25) is 0 Å². The van der Waals surface area contributed by atoms with Crippen LogP contribution >= 0.6 is 11.3 Å². The average molecular weight is 825 g/mol. The van der Waals surface area contributed by atoms with Gasteiger partial charge in [-0.1, -0.05) is 191 Å². The van der Waals surface area contributed by atoms with Crippen LogP contribution in [0.25, 0.3) is 11.1 Å². The first-order chi connectivity index (χ1) is 27.5. The molecule has 1 aromatic heterocycles. The van der Waals surface area contributed by atoms with Gasteiger partial charge in [-0.05, 0) is 118 Å². The van der Waals surface area contributed by atoms with E-state index in [-0.39, 0.29) is 27.1 Å². The molecule has 332 valence electrons. The molecule has 2 heteroatoms. The van der Waals surface area contributed by atoms with Crippen LogP contribution in [-0.4, -0.2) is 32.2 Å². The van der Waals surface area contributed by atoms with Crippen molar-refractivity contribution >= 4 is 11.3 Å². The van der Waals surface area contributed by atoms with Gasteiger partial charge in [0.1, 0.15) is 0 Å². The molecule has 59 heavy (non-hydrogen) atoms. The number of nitrogens with zero attached hydrogens (tertiary/aromatic N) is 1. The van der Waals surface area contributed by atoms with Crippen LogP contribution in [0.1, 0.15) is 231 Å². The van der Waals surface area contributed by atoms with Crippen LogP contribution in [0.3, 0.4) is 0 Å². The Bertz CT molecular complexity index is 1750. The van der Waals surface area contributed by atoms with Crippen molar-refractivity contribution in [3.8, 4) is 11.1 Å². The highest BCUT2D eigenvalue weighted by atomic mass is 32.1. The minimum Gasteiger partial charge on any atom is -0.331 e. The highest BCUT2D eigenvalue weighted by Crippen LogP contribution is 2.59. The number of rotatable bonds is 24. The molecule has 1 aliphatic rings. The number of hydrogen-bond donors (Lipinski definition) is 0. The van der Waals surface area contributed by atoms with Crippen LogP contribution in [0, 0.1) is 11.8 Å². The predicted octanol–water partition coefficient (Wildman–Crippen LogP) is 17.3. The van der Waals surface area contributed by atoms with Gasteiger partial charge in [0.2, 0.25) is 0 Å². The summed E-state index contributed by atoms with van der Waals surface area (Å²) in [7, 11) is 6.98. The van der Waals surface area contributed by atoms with Gasteiger partial charge in [-0.15, -0.1) is 11.3 Å². The number of thiophene rings is 1. The molecule has 0 radical (unpaired) electrons. The predicted molar refractivity (Wildman–Crippen MR) is 266 cm³/mol. The minimum absolute atomic E-state index is 0.0310. The quantitative estimate of drug-likeness (QED) is 0.0623. The summed E-state index contributed by atoms with van der Waals surface area (Å²) in [6.07, 6.45) is 20.6. The number of quaternary nitrogens is 1. The molecule has 1 nitrogen and oxygen atoms in total. The van der Waals surface area contributed by atoms with Crippen molar-refractivity contribution in [3.05, 3.63) is 80.0 Å². The van der Waals surface area contributed by atoms with Gasteiger partial charge in [0.25, 0.3) is 0 Å². The summed E-state index contributed by atoms with van der Waals surface area (Å²) in [5.41, 5.74) is 11.2. The van der Waals surface area contributed by atoms with Crippen molar-refractivity contribution < 1.29 is 4.48 Å². The molecule has 1 heterocycles. The first-order valence-corrected chi connectivity index (χ1v) is 25.6. The SMILES string of the molecule is CCCCC(CC)CC1(CC(CC)CCCC)c2cc(C(C)(C)C)ccc2-c2ccc(C(C)(C)C(C)(C)c3sc(C(C)(C)CC)cc3CCCCCC[N+](C)(C)C)cc21. The third-order valence-corrected chi connectivity index (χ3v) is 17.7. The summed E-state index contributed by atoms with van der Waals surface area (Å²) in [5, 5.41) is 0. The second-order valence-corrected chi connectivity index (χ2v) is 24.3. The Kier molecular flexibility index (Phi) is 16.9. The molecule has 0 aliphatic heterocycles. The van der Waals surface area contributed by atoms with E-state index in [9.17, 15) is 0 Å². The van der Waals surface area contributed by atoms with Gasteiger partial charge < -0.3 is 4.48 Å². The molecule has 0 saturated carbocycles. The molecule has 2 unspecified atom stereocenters. The molecular formula is C57H94NS+. The van der Waals surface area contributed by atoms with Crippen molar-refractivity contribution in [2.24, 2.45) is 11.8 Å². The fraction of sp³-hybridized carbons (Fsp3) is 0.719. The van der Waals surface area contributed by atoms with Gasteiger partial charge in [-0.25, -0.2) is 0 Å². The van der Waals surface area contributed by atoms with Crippen molar-refractivity contribution in [1.82, 2.24) is 0 Å². The molecule has 0 fully saturated rings. The molecule has 0 N–H and O–H groups in total. The van der Waals surface area contributed by atoms with E-state index in [0.29, 0.717) is 0 Å². The molecule has 3 aromatic rings.